The van der Waals surface area contributed by atoms with Crippen LogP contribution in [0.2, 0.25) is 0 Å². The molecule has 1 aromatic carbocycles. The fourth-order valence-corrected chi connectivity index (χ4v) is 3.53. The van der Waals surface area contributed by atoms with E-state index in [2.05, 4.69) is 50.4 Å². The molecule has 1 heteroatoms. The van der Waals surface area contributed by atoms with Gasteiger partial charge in [-0.2, -0.15) is 0 Å². The maximum Gasteiger partial charge on any atom is -0.00179 e. The van der Waals surface area contributed by atoms with Crippen molar-refractivity contribution in [1.29, 1.82) is 0 Å². The maximum atomic E-state index is 3.56. The highest BCUT2D eigenvalue weighted by Gasteiger charge is 2.28. The van der Waals surface area contributed by atoms with E-state index in [1.54, 1.807) is 5.56 Å². The van der Waals surface area contributed by atoms with Crippen LogP contribution in [0.4, 0.5) is 0 Å². The van der Waals surface area contributed by atoms with Gasteiger partial charge < -0.3 is 5.32 Å². The predicted octanol–water partition coefficient (Wildman–Crippen LogP) is 4.20. The first kappa shape index (κ1) is 14.6. The van der Waals surface area contributed by atoms with Gasteiger partial charge in [0.1, 0.15) is 0 Å². The molecule has 0 amide bonds. The minimum absolute atomic E-state index is 0.865. The lowest BCUT2D eigenvalue weighted by Crippen LogP contribution is -2.33. The second kappa shape index (κ2) is 7.09. The number of nitrogens with one attached hydrogen (secondary N) is 1. The van der Waals surface area contributed by atoms with Crippen molar-refractivity contribution in [2.45, 2.75) is 46.5 Å². The van der Waals surface area contributed by atoms with E-state index in [0.29, 0.717) is 0 Å². The molecule has 1 aliphatic carbocycles. The first-order valence-corrected chi connectivity index (χ1v) is 7.96. The van der Waals surface area contributed by atoms with Crippen LogP contribution in [0.3, 0.4) is 0 Å². The molecule has 106 valence electrons. The fraction of sp³-hybridized carbons (Fsp3) is 0.667. The van der Waals surface area contributed by atoms with Gasteiger partial charge in [0.05, 0.1) is 0 Å². The van der Waals surface area contributed by atoms with E-state index in [9.17, 15) is 0 Å². The quantitative estimate of drug-likeness (QED) is 0.835. The molecular weight excluding hydrogens is 230 g/mol. The summed E-state index contributed by atoms with van der Waals surface area (Å²) in [6.07, 6.45) is 5.50. The molecule has 0 heterocycles. The molecule has 0 bridgehead atoms. The molecule has 1 saturated carbocycles. The zero-order chi connectivity index (χ0) is 13.7. The van der Waals surface area contributed by atoms with Crippen LogP contribution in [-0.4, -0.2) is 13.1 Å². The number of rotatable bonds is 5. The average Bonchev–Trinajstić information content (AvgIpc) is 2.40. The summed E-state index contributed by atoms with van der Waals surface area (Å²) in [7, 11) is 0. The molecule has 1 fully saturated rings. The summed E-state index contributed by atoms with van der Waals surface area (Å²) in [5.41, 5.74) is 3.02. The van der Waals surface area contributed by atoms with Crippen molar-refractivity contribution in [3.8, 4) is 0 Å². The van der Waals surface area contributed by atoms with Crippen LogP contribution in [0.5, 0.6) is 0 Å². The predicted molar refractivity (Wildman–Crippen MR) is 83.4 cm³/mol. The van der Waals surface area contributed by atoms with Crippen LogP contribution in [0.1, 0.15) is 44.2 Å². The summed E-state index contributed by atoms with van der Waals surface area (Å²) in [5.74, 6) is 2.64. The maximum absolute atomic E-state index is 3.56. The molecule has 1 aromatic rings. The van der Waals surface area contributed by atoms with E-state index in [-0.39, 0.29) is 0 Å². The van der Waals surface area contributed by atoms with Gasteiger partial charge in [-0.3, -0.25) is 0 Å². The standard InChI is InChI=1S/C18H29N/c1-4-19-13-17-10-9-14(2)11-18(17)12-16-8-6-5-7-15(16)3/h5-8,14,17-19H,4,9-13H2,1-3H3. The molecule has 1 nitrogen and oxygen atoms in total. The molecule has 0 radical (unpaired) electrons. The fourth-order valence-electron chi connectivity index (χ4n) is 3.53. The minimum Gasteiger partial charge on any atom is -0.317 e. The van der Waals surface area contributed by atoms with E-state index < -0.39 is 0 Å². The van der Waals surface area contributed by atoms with Crippen LogP contribution >= 0.6 is 0 Å². The number of hydrogen-bond donors (Lipinski definition) is 1. The molecule has 1 N–H and O–H groups in total. The first-order chi connectivity index (χ1) is 9.20. The van der Waals surface area contributed by atoms with Crippen LogP contribution in [0.25, 0.3) is 0 Å². The Balaban J connectivity index is 2.03. The Kier molecular flexibility index (Phi) is 5.45. The van der Waals surface area contributed by atoms with Gasteiger partial charge in [0.15, 0.2) is 0 Å². The summed E-state index contributed by atoms with van der Waals surface area (Å²) >= 11 is 0. The average molecular weight is 259 g/mol. The SMILES string of the molecule is CCNCC1CCC(C)CC1Cc1ccccc1C. The van der Waals surface area contributed by atoms with E-state index in [4.69, 9.17) is 0 Å². The van der Waals surface area contributed by atoms with Crippen LogP contribution in [0, 0.1) is 24.7 Å². The van der Waals surface area contributed by atoms with Gasteiger partial charge in [-0.1, -0.05) is 44.5 Å². The summed E-state index contributed by atoms with van der Waals surface area (Å²) in [5, 5.41) is 3.56. The molecule has 0 saturated heterocycles. The van der Waals surface area contributed by atoms with Gasteiger partial charge in [0, 0.05) is 0 Å². The first-order valence-electron chi connectivity index (χ1n) is 7.96. The minimum atomic E-state index is 0.865. The largest absolute Gasteiger partial charge is 0.317 e. The molecule has 0 aliphatic heterocycles. The zero-order valence-electron chi connectivity index (χ0n) is 12.8. The van der Waals surface area contributed by atoms with Gasteiger partial charge in [-0.05, 0) is 68.2 Å². The lowest BCUT2D eigenvalue weighted by Gasteiger charge is -2.35. The Bertz CT molecular complexity index is 383. The smallest absolute Gasteiger partial charge is 0.00179 e. The van der Waals surface area contributed by atoms with Crippen LogP contribution in [-0.2, 0) is 6.42 Å². The summed E-state index contributed by atoms with van der Waals surface area (Å²) < 4.78 is 0. The van der Waals surface area contributed by atoms with E-state index in [0.717, 1.165) is 24.3 Å². The summed E-state index contributed by atoms with van der Waals surface area (Å²) in [6.45, 7) is 9.19. The van der Waals surface area contributed by atoms with Crippen molar-refractivity contribution in [3.63, 3.8) is 0 Å². The van der Waals surface area contributed by atoms with Crippen LogP contribution < -0.4 is 5.32 Å². The number of hydrogen-bond acceptors (Lipinski definition) is 1. The van der Waals surface area contributed by atoms with Gasteiger partial charge in [0.2, 0.25) is 0 Å². The molecule has 19 heavy (non-hydrogen) atoms. The lowest BCUT2D eigenvalue weighted by atomic mass is 9.72. The van der Waals surface area contributed by atoms with Crippen molar-refractivity contribution in [1.82, 2.24) is 5.32 Å². The van der Waals surface area contributed by atoms with E-state index in [1.165, 1.54) is 37.8 Å². The van der Waals surface area contributed by atoms with Gasteiger partial charge >= 0.3 is 0 Å². The molecule has 3 atom stereocenters. The molecule has 2 rings (SSSR count). The highest BCUT2D eigenvalue weighted by atomic mass is 14.8. The van der Waals surface area contributed by atoms with Gasteiger partial charge in [-0.25, -0.2) is 0 Å². The molecule has 0 aromatic heterocycles. The normalized spacial score (nSPS) is 27.4. The monoisotopic (exact) mass is 259 g/mol. The van der Waals surface area contributed by atoms with Gasteiger partial charge in [0.25, 0.3) is 0 Å². The lowest BCUT2D eigenvalue weighted by molar-refractivity contribution is 0.184. The molecule has 0 spiro atoms. The third kappa shape index (κ3) is 4.07. The highest BCUT2D eigenvalue weighted by molar-refractivity contribution is 5.26. The second-order valence-electron chi connectivity index (χ2n) is 6.38. The number of benzene rings is 1. The third-order valence-electron chi connectivity index (χ3n) is 4.80. The second-order valence-corrected chi connectivity index (χ2v) is 6.38. The third-order valence-corrected chi connectivity index (χ3v) is 4.80. The van der Waals surface area contributed by atoms with Crippen LogP contribution in [0.15, 0.2) is 24.3 Å². The van der Waals surface area contributed by atoms with Gasteiger partial charge in [-0.15, -0.1) is 0 Å². The van der Waals surface area contributed by atoms with E-state index >= 15 is 0 Å². The van der Waals surface area contributed by atoms with Crippen molar-refractivity contribution in [3.05, 3.63) is 35.4 Å². The molecule has 1 aliphatic rings. The Hall–Kier alpha value is -0.820. The van der Waals surface area contributed by atoms with Crippen molar-refractivity contribution in [2.24, 2.45) is 17.8 Å². The Labute approximate surface area is 118 Å². The van der Waals surface area contributed by atoms with E-state index in [1.807, 2.05) is 0 Å². The van der Waals surface area contributed by atoms with Crippen molar-refractivity contribution >= 4 is 0 Å². The summed E-state index contributed by atoms with van der Waals surface area (Å²) in [4.78, 5) is 0. The topological polar surface area (TPSA) is 12.0 Å². The van der Waals surface area contributed by atoms with Crippen molar-refractivity contribution in [2.75, 3.05) is 13.1 Å². The summed E-state index contributed by atoms with van der Waals surface area (Å²) in [6, 6.07) is 8.91. The Morgan fingerprint density at radius 2 is 1.95 bits per heavy atom. The molecule has 3 unspecified atom stereocenters. The Morgan fingerprint density at radius 3 is 2.68 bits per heavy atom. The molecular formula is C18H29N. The highest BCUT2D eigenvalue weighted by Crippen LogP contribution is 2.35. The number of aryl methyl sites for hydroxylation is 1. The van der Waals surface area contributed by atoms with Crippen molar-refractivity contribution < 1.29 is 0 Å². The zero-order valence-corrected chi connectivity index (χ0v) is 12.8. The Morgan fingerprint density at radius 1 is 1.16 bits per heavy atom.